The van der Waals surface area contributed by atoms with E-state index in [1.54, 1.807) is 61.9 Å². The zero-order chi connectivity index (χ0) is 57.0. The van der Waals surface area contributed by atoms with E-state index >= 15 is 4.39 Å². The van der Waals surface area contributed by atoms with E-state index in [2.05, 4.69) is 35.6 Å². The van der Waals surface area contributed by atoms with Gasteiger partial charge in [0.1, 0.15) is 47.7 Å². The number of halogens is 3. The summed E-state index contributed by atoms with van der Waals surface area (Å²) in [4.78, 5) is 82.0. The molecule has 24 heteroatoms. The first-order valence-electron chi connectivity index (χ1n) is 26.9. The summed E-state index contributed by atoms with van der Waals surface area (Å²) in [5.74, 6) is -1.55. The van der Waals surface area contributed by atoms with E-state index in [0.29, 0.717) is 67.1 Å². The fraction of sp³-hybridized carbons (Fsp3) is 0.482. The number of piperidine rings is 2. The van der Waals surface area contributed by atoms with Gasteiger partial charge in [0.2, 0.25) is 23.6 Å². The van der Waals surface area contributed by atoms with Crippen LogP contribution in [0.5, 0.6) is 5.75 Å². The number of nitrogens with zero attached hydrogens (tertiary/aromatic N) is 9. The third-order valence-corrected chi connectivity index (χ3v) is 16.3. The summed E-state index contributed by atoms with van der Waals surface area (Å²) in [6, 6.07) is 12.1. The van der Waals surface area contributed by atoms with Gasteiger partial charge < -0.3 is 56.3 Å². The molecular weight excluding hydrogens is 1060 g/mol. The highest BCUT2D eigenvalue weighted by Gasteiger charge is 2.45. The number of nitrogen functional groups attached to an aromatic ring is 1. The van der Waals surface area contributed by atoms with Gasteiger partial charge in [-0.3, -0.25) is 24.2 Å². The molecule has 0 unspecified atom stereocenters. The molecular formula is C56H68F3N13O7S. The number of anilines is 2. The van der Waals surface area contributed by atoms with Gasteiger partial charge in [-0.15, -0.1) is 11.3 Å². The highest BCUT2D eigenvalue weighted by atomic mass is 32.1. The maximum Gasteiger partial charge on any atom is 0.265 e. The van der Waals surface area contributed by atoms with Crippen molar-refractivity contribution in [2.45, 2.75) is 135 Å². The molecule has 2 aromatic carbocycles. The lowest BCUT2D eigenvalue weighted by atomic mass is 9.84. The lowest BCUT2D eigenvalue weighted by molar-refractivity contribution is -0.144. The van der Waals surface area contributed by atoms with Crippen LogP contribution in [0.3, 0.4) is 0 Å². The van der Waals surface area contributed by atoms with E-state index in [1.165, 1.54) is 17.3 Å². The summed E-state index contributed by atoms with van der Waals surface area (Å²) in [7, 11) is 0. The average Bonchev–Trinajstić information content (AvgIpc) is 4.17. The monoisotopic (exact) mass is 1120 g/mol. The van der Waals surface area contributed by atoms with Crippen molar-refractivity contribution >= 4 is 57.6 Å². The highest BCUT2D eigenvalue weighted by molar-refractivity contribution is 7.13. The van der Waals surface area contributed by atoms with E-state index in [0.717, 1.165) is 21.7 Å². The number of carbonyl (C=O) groups excluding carboxylic acids is 4. The Kier molecular flexibility index (Phi) is 17.4. The number of amides is 4. The summed E-state index contributed by atoms with van der Waals surface area (Å²) in [5.41, 5.74) is 17.2. The molecule has 0 saturated carbocycles. The molecule has 3 fully saturated rings. The second-order valence-electron chi connectivity index (χ2n) is 22.2. The maximum atomic E-state index is 16.1. The number of β-amino-alcohol motifs (C(OH)–C–C–N with tert-alkyl or cyclic N) is 1. The summed E-state index contributed by atoms with van der Waals surface area (Å²) >= 11 is 1.55. The van der Waals surface area contributed by atoms with Crippen molar-refractivity contribution in [2.75, 3.05) is 43.4 Å². The van der Waals surface area contributed by atoms with Crippen LogP contribution in [-0.4, -0.2) is 148 Å². The number of fused-ring (bicyclic) bond motifs is 1. The number of rotatable bonds is 18. The second-order valence-corrected chi connectivity index (χ2v) is 23.0. The minimum Gasteiger partial charge on any atom is -0.490 e. The number of carbonyl (C=O) groups is 4. The van der Waals surface area contributed by atoms with Crippen molar-refractivity contribution in [1.82, 2.24) is 49.9 Å². The third-order valence-electron chi connectivity index (χ3n) is 15.3. The van der Waals surface area contributed by atoms with Crippen molar-refractivity contribution in [1.29, 1.82) is 0 Å². The van der Waals surface area contributed by atoms with E-state index in [9.17, 15) is 38.2 Å². The number of thiazole rings is 1. The first kappa shape index (κ1) is 57.4. The van der Waals surface area contributed by atoms with E-state index in [1.807, 2.05) is 52.0 Å². The first-order valence-corrected chi connectivity index (χ1v) is 27.7. The van der Waals surface area contributed by atoms with Crippen LogP contribution in [0.25, 0.3) is 32.9 Å². The number of aromatic nitrogens is 6. The van der Waals surface area contributed by atoms with Gasteiger partial charge in [-0.25, -0.2) is 33.1 Å². The zero-order valence-electron chi connectivity index (χ0n) is 45.2. The number of aliphatic hydroxyl groups is 2. The van der Waals surface area contributed by atoms with Gasteiger partial charge >= 0.3 is 0 Å². The fourth-order valence-electron chi connectivity index (χ4n) is 10.8. The van der Waals surface area contributed by atoms with Gasteiger partial charge in [0.25, 0.3) is 6.43 Å². The van der Waals surface area contributed by atoms with Crippen molar-refractivity contribution in [2.24, 2.45) is 11.1 Å². The SMILES string of the molecule is Cc1ncsc1-c1ccc(CNC(=O)[C@@H]2C[C@@H](O)CN2C(=O)[C@@H](NC(=O)CCCC(=O)N2CCC(Oc3ccc(-c4cc(Cn5cnc6c(N)ncnc65)c(N5CCC[C@](N)([C@H](O)C(F)F)C5)cn4)c(F)c3)CC2)C(C)(C)C)cc1. The van der Waals surface area contributed by atoms with Crippen LogP contribution in [-0.2, 0) is 32.3 Å². The van der Waals surface area contributed by atoms with Crippen molar-refractivity contribution in [3.63, 3.8) is 0 Å². The summed E-state index contributed by atoms with van der Waals surface area (Å²) in [6.07, 6.45) is 0.0635. The van der Waals surface area contributed by atoms with Crippen LogP contribution in [0.2, 0.25) is 0 Å². The number of nitrogens with one attached hydrogen (secondary N) is 2. The second kappa shape index (κ2) is 24.2. The number of ether oxygens (including phenoxy) is 1. The predicted octanol–water partition coefficient (Wildman–Crippen LogP) is 5.36. The molecule has 3 aliphatic heterocycles. The normalized spacial score (nSPS) is 19.8. The number of nitrogens with two attached hydrogens (primary N) is 2. The number of benzene rings is 2. The van der Waals surface area contributed by atoms with Gasteiger partial charge in [0, 0.05) is 83.0 Å². The lowest BCUT2D eigenvalue weighted by Gasteiger charge is -2.44. The average molecular weight is 1120 g/mol. The Bertz CT molecular complexity index is 3200. The molecule has 7 heterocycles. The molecule has 426 valence electrons. The van der Waals surface area contributed by atoms with Crippen LogP contribution in [0.1, 0.15) is 89.0 Å². The largest absolute Gasteiger partial charge is 0.490 e. The zero-order valence-corrected chi connectivity index (χ0v) is 46.0. The Morgan fingerprint density at radius 3 is 2.45 bits per heavy atom. The Morgan fingerprint density at radius 1 is 0.988 bits per heavy atom. The van der Waals surface area contributed by atoms with Gasteiger partial charge in [-0.2, -0.15) is 0 Å². The Hall–Kier alpha value is -7.28. The van der Waals surface area contributed by atoms with Gasteiger partial charge in [-0.1, -0.05) is 45.0 Å². The van der Waals surface area contributed by atoms with E-state index in [-0.39, 0.29) is 87.4 Å². The third kappa shape index (κ3) is 13.0. The van der Waals surface area contributed by atoms with Gasteiger partial charge in [-0.05, 0) is 66.5 Å². The fourth-order valence-corrected chi connectivity index (χ4v) is 11.6. The van der Waals surface area contributed by atoms with E-state index in [4.69, 9.17) is 16.2 Å². The lowest BCUT2D eigenvalue weighted by Crippen LogP contribution is -2.63. The molecule has 8 N–H and O–H groups in total. The summed E-state index contributed by atoms with van der Waals surface area (Å²) in [6.45, 7) is 8.86. The first-order chi connectivity index (χ1) is 38.1. The van der Waals surface area contributed by atoms with Crippen LogP contribution in [0, 0.1) is 18.2 Å². The molecule has 0 aliphatic carbocycles. The molecule has 4 amide bonds. The quantitative estimate of drug-likeness (QED) is 0.0632. The molecule has 9 rings (SSSR count). The molecule has 0 bridgehead atoms. The molecule has 0 radical (unpaired) electrons. The molecule has 5 atom stereocenters. The standard InChI is InChI=1S/C56H68F3N13O7S/c1-32-47(80-31-67-32)34-11-9-33(10-12-34)24-63-53(77)42-22-36(73)27-72(42)54(78)48(55(2,3)4)68-44(74)7-5-8-45(75)69-19-15-37(16-20-69)79-38-13-14-39(40(57)23-38)41-21-35(26-71-30-66-46-51(60)64-29-65-52(46)71)43(25-62-41)70-18-6-17-56(61,28-70)49(76)50(58)59/h9-14,21,23,25,29-31,36-37,42,48-50,73,76H,5-8,15-20,22,24,26-28,61H2,1-4H3,(H,63,77)(H,68,74)(H2,60,64,65)/t36-,42+,48-,49-,56-/m1/s1. The van der Waals surface area contributed by atoms with Crippen molar-refractivity contribution < 1.29 is 47.3 Å². The highest BCUT2D eigenvalue weighted by Crippen LogP contribution is 2.36. The molecule has 4 aromatic heterocycles. The van der Waals surface area contributed by atoms with Crippen LogP contribution in [0.15, 0.2) is 72.9 Å². The summed E-state index contributed by atoms with van der Waals surface area (Å²) < 4.78 is 51.6. The number of pyridine rings is 1. The number of imidazole rings is 1. The number of hydrogen-bond donors (Lipinski definition) is 6. The number of hydrogen-bond acceptors (Lipinski definition) is 16. The molecule has 20 nitrogen and oxygen atoms in total. The minimum absolute atomic E-state index is 0.0176. The Labute approximate surface area is 465 Å². The van der Waals surface area contributed by atoms with E-state index < -0.39 is 65.2 Å². The number of likely N-dealkylation sites (tertiary alicyclic amines) is 2. The topological polar surface area (TPSA) is 273 Å². The predicted molar refractivity (Wildman–Crippen MR) is 295 cm³/mol. The smallest absolute Gasteiger partial charge is 0.265 e. The van der Waals surface area contributed by atoms with Crippen molar-refractivity contribution in [3.8, 4) is 27.4 Å². The molecule has 80 heavy (non-hydrogen) atoms. The van der Waals surface area contributed by atoms with Crippen LogP contribution < -0.4 is 31.7 Å². The van der Waals surface area contributed by atoms with Gasteiger partial charge in [0.05, 0.1) is 58.2 Å². The minimum atomic E-state index is -3.03. The van der Waals surface area contributed by atoms with Crippen LogP contribution >= 0.6 is 11.3 Å². The summed E-state index contributed by atoms with van der Waals surface area (Å²) in [5, 5.41) is 26.8. The number of aryl methyl sites for hydroxylation is 1. The Morgan fingerprint density at radius 2 is 1.75 bits per heavy atom. The molecule has 3 saturated heterocycles. The van der Waals surface area contributed by atoms with Crippen LogP contribution in [0.4, 0.5) is 24.7 Å². The number of aliphatic hydroxyl groups excluding tert-OH is 2. The molecule has 0 spiro atoms. The van der Waals surface area contributed by atoms with Gasteiger partial charge in [0.15, 0.2) is 11.5 Å². The molecule has 6 aromatic rings. The molecule has 3 aliphatic rings. The van der Waals surface area contributed by atoms with Crippen molar-refractivity contribution in [3.05, 3.63) is 95.5 Å². The maximum absolute atomic E-state index is 16.1. The number of alkyl halides is 2. The Balaban J connectivity index is 0.761.